The molecule has 2 atom stereocenters. The van der Waals surface area contributed by atoms with Crippen LogP contribution in [0.25, 0.3) is 10.6 Å². The Kier molecular flexibility index (Phi) is 4.89. The number of carboxylic acids is 1. The molecule has 1 aromatic heterocycles. The van der Waals surface area contributed by atoms with Gasteiger partial charge in [-0.3, -0.25) is 9.59 Å². The number of hydrogen-bond acceptors (Lipinski definition) is 4. The van der Waals surface area contributed by atoms with Gasteiger partial charge in [-0.05, 0) is 31.4 Å². The van der Waals surface area contributed by atoms with Crippen molar-refractivity contribution in [1.82, 2.24) is 10.3 Å². The molecule has 5 nitrogen and oxygen atoms in total. The first-order valence-electron chi connectivity index (χ1n) is 7.74. The molecule has 1 fully saturated rings. The first-order valence-corrected chi connectivity index (χ1v) is 8.62. The summed E-state index contributed by atoms with van der Waals surface area (Å²) in [5, 5.41) is 14.3. The molecular weight excluding hydrogens is 331 g/mol. The number of halogens is 1. The van der Waals surface area contributed by atoms with Crippen LogP contribution in [0.4, 0.5) is 4.39 Å². The number of nitrogens with one attached hydrogen (secondary N) is 1. The van der Waals surface area contributed by atoms with E-state index < -0.39 is 5.97 Å². The van der Waals surface area contributed by atoms with Gasteiger partial charge in [-0.15, -0.1) is 11.3 Å². The molecule has 1 aliphatic carbocycles. The predicted molar refractivity (Wildman–Crippen MR) is 88.1 cm³/mol. The molecule has 2 N–H and O–H groups in total. The molecule has 2 aromatic rings. The molecule has 0 radical (unpaired) electrons. The number of carbonyl (C=O) groups is 2. The van der Waals surface area contributed by atoms with Gasteiger partial charge in [-0.1, -0.05) is 12.1 Å². The van der Waals surface area contributed by atoms with Crippen LogP contribution in [-0.4, -0.2) is 28.0 Å². The van der Waals surface area contributed by atoms with Crippen LogP contribution in [0.1, 0.15) is 25.0 Å². The zero-order valence-electron chi connectivity index (χ0n) is 12.9. The second-order valence-electron chi connectivity index (χ2n) is 5.94. The summed E-state index contributed by atoms with van der Waals surface area (Å²) in [5.41, 5.74) is 1.32. The molecule has 0 saturated heterocycles. The Morgan fingerprint density at radius 1 is 1.38 bits per heavy atom. The first-order chi connectivity index (χ1) is 11.5. The third kappa shape index (κ3) is 3.97. The Labute approximate surface area is 142 Å². The van der Waals surface area contributed by atoms with Crippen LogP contribution in [0, 0.1) is 11.7 Å². The van der Waals surface area contributed by atoms with Gasteiger partial charge in [0, 0.05) is 17.0 Å². The predicted octanol–water partition coefficient (Wildman–Crippen LogP) is 2.86. The maximum absolute atomic E-state index is 13.3. The Morgan fingerprint density at radius 3 is 2.92 bits per heavy atom. The van der Waals surface area contributed by atoms with Gasteiger partial charge in [0.25, 0.3) is 0 Å². The molecule has 0 aliphatic heterocycles. The van der Waals surface area contributed by atoms with E-state index in [0.29, 0.717) is 35.5 Å². The fourth-order valence-corrected chi connectivity index (χ4v) is 3.74. The van der Waals surface area contributed by atoms with Crippen LogP contribution in [0.5, 0.6) is 0 Å². The summed E-state index contributed by atoms with van der Waals surface area (Å²) in [7, 11) is 0. The molecular formula is C17H17FN2O3S. The van der Waals surface area contributed by atoms with Gasteiger partial charge in [0.05, 0.1) is 18.0 Å². The van der Waals surface area contributed by atoms with Gasteiger partial charge < -0.3 is 10.4 Å². The Balaban J connectivity index is 1.57. The lowest BCUT2D eigenvalue weighted by atomic mass is 10.1. The van der Waals surface area contributed by atoms with E-state index in [2.05, 4.69) is 10.3 Å². The number of benzene rings is 1. The molecule has 0 bridgehead atoms. The molecule has 7 heteroatoms. The lowest BCUT2D eigenvalue weighted by Gasteiger charge is -2.11. The smallest absolute Gasteiger partial charge is 0.306 e. The largest absolute Gasteiger partial charge is 0.481 e. The number of aromatic nitrogens is 1. The van der Waals surface area contributed by atoms with Crippen molar-refractivity contribution in [1.29, 1.82) is 0 Å². The summed E-state index contributed by atoms with van der Waals surface area (Å²) < 4.78 is 13.3. The minimum absolute atomic E-state index is 0.0834. The van der Waals surface area contributed by atoms with Crippen molar-refractivity contribution >= 4 is 23.2 Å². The minimum Gasteiger partial charge on any atom is -0.481 e. The molecule has 0 unspecified atom stereocenters. The van der Waals surface area contributed by atoms with Gasteiger partial charge >= 0.3 is 5.97 Å². The van der Waals surface area contributed by atoms with Crippen molar-refractivity contribution in [3.63, 3.8) is 0 Å². The van der Waals surface area contributed by atoms with Crippen molar-refractivity contribution < 1.29 is 19.1 Å². The molecule has 3 rings (SSSR count). The number of amides is 1. The van der Waals surface area contributed by atoms with E-state index in [1.54, 1.807) is 17.5 Å². The van der Waals surface area contributed by atoms with Crippen LogP contribution in [0.15, 0.2) is 29.6 Å². The van der Waals surface area contributed by atoms with Crippen LogP contribution in [0.2, 0.25) is 0 Å². The second-order valence-corrected chi connectivity index (χ2v) is 6.80. The number of hydrogen-bond donors (Lipinski definition) is 2. The van der Waals surface area contributed by atoms with Gasteiger partial charge in [0.15, 0.2) is 0 Å². The average Bonchev–Trinajstić information content (AvgIpc) is 3.17. The van der Waals surface area contributed by atoms with E-state index in [9.17, 15) is 14.0 Å². The Hall–Kier alpha value is -2.28. The lowest BCUT2D eigenvalue weighted by Crippen LogP contribution is -2.34. The SMILES string of the molecule is O=C(Cc1csc(-c2cccc(F)c2)n1)N[C@@H]1CC[C@H](C(=O)O)C1. The lowest BCUT2D eigenvalue weighted by molar-refractivity contribution is -0.141. The van der Waals surface area contributed by atoms with Crippen molar-refractivity contribution in [3.05, 3.63) is 41.2 Å². The molecule has 1 aromatic carbocycles. The number of carbonyl (C=O) groups excluding carboxylic acids is 1. The zero-order valence-corrected chi connectivity index (χ0v) is 13.7. The topological polar surface area (TPSA) is 79.3 Å². The van der Waals surface area contributed by atoms with Gasteiger partial charge in [-0.25, -0.2) is 9.37 Å². The van der Waals surface area contributed by atoms with E-state index in [4.69, 9.17) is 5.11 Å². The summed E-state index contributed by atoms with van der Waals surface area (Å²) in [5.74, 6) is -1.65. The molecule has 1 heterocycles. The summed E-state index contributed by atoms with van der Waals surface area (Å²) in [4.78, 5) is 27.4. The normalized spacial score (nSPS) is 20.0. The van der Waals surface area contributed by atoms with E-state index in [-0.39, 0.29) is 30.1 Å². The standard InChI is InChI=1S/C17H17FN2O3S/c18-12-3-1-2-10(6-12)16-20-14(9-24-16)8-15(21)19-13-5-4-11(7-13)17(22)23/h1-3,6,9,11,13H,4-5,7-8H2,(H,19,21)(H,22,23)/t11-,13+/m0/s1. The molecule has 24 heavy (non-hydrogen) atoms. The van der Waals surface area contributed by atoms with Crippen molar-refractivity contribution in [2.45, 2.75) is 31.7 Å². The number of rotatable bonds is 5. The Morgan fingerprint density at radius 2 is 2.21 bits per heavy atom. The third-order valence-electron chi connectivity index (χ3n) is 4.11. The zero-order chi connectivity index (χ0) is 17.1. The molecule has 126 valence electrons. The molecule has 1 amide bonds. The average molecular weight is 348 g/mol. The number of carboxylic acid groups (broad SMARTS) is 1. The van der Waals surface area contributed by atoms with E-state index >= 15 is 0 Å². The van der Waals surface area contributed by atoms with Gasteiger partial charge in [0.1, 0.15) is 10.8 Å². The summed E-state index contributed by atoms with van der Waals surface area (Å²) in [6.45, 7) is 0. The number of nitrogens with zero attached hydrogens (tertiary/aromatic N) is 1. The molecule has 1 saturated carbocycles. The van der Waals surface area contributed by atoms with Crippen LogP contribution >= 0.6 is 11.3 Å². The number of thiazole rings is 1. The fourth-order valence-electron chi connectivity index (χ4n) is 2.92. The van der Waals surface area contributed by atoms with E-state index in [1.165, 1.54) is 23.5 Å². The summed E-state index contributed by atoms with van der Waals surface area (Å²) >= 11 is 1.36. The highest BCUT2D eigenvalue weighted by Gasteiger charge is 2.30. The maximum Gasteiger partial charge on any atom is 0.306 e. The third-order valence-corrected chi connectivity index (χ3v) is 5.05. The van der Waals surface area contributed by atoms with Crippen molar-refractivity contribution in [2.75, 3.05) is 0 Å². The number of aliphatic carboxylic acids is 1. The first kappa shape index (κ1) is 16.6. The highest BCUT2D eigenvalue weighted by Crippen LogP contribution is 2.26. The van der Waals surface area contributed by atoms with Crippen LogP contribution in [0.3, 0.4) is 0 Å². The highest BCUT2D eigenvalue weighted by molar-refractivity contribution is 7.13. The summed E-state index contributed by atoms with van der Waals surface area (Å²) in [6, 6.07) is 6.10. The molecule has 1 aliphatic rings. The minimum atomic E-state index is -0.800. The Bertz CT molecular complexity index is 762. The molecule has 0 spiro atoms. The van der Waals surface area contributed by atoms with Gasteiger partial charge in [0.2, 0.25) is 5.91 Å². The summed E-state index contributed by atoms with van der Waals surface area (Å²) in [6.07, 6.45) is 1.90. The second kappa shape index (κ2) is 7.09. The van der Waals surface area contributed by atoms with E-state index in [0.717, 1.165) is 0 Å². The van der Waals surface area contributed by atoms with Gasteiger partial charge in [-0.2, -0.15) is 0 Å². The fraction of sp³-hybridized carbons (Fsp3) is 0.353. The quantitative estimate of drug-likeness (QED) is 0.871. The highest BCUT2D eigenvalue weighted by atomic mass is 32.1. The van der Waals surface area contributed by atoms with Crippen LogP contribution < -0.4 is 5.32 Å². The monoisotopic (exact) mass is 348 g/mol. The van der Waals surface area contributed by atoms with Crippen molar-refractivity contribution in [3.8, 4) is 10.6 Å². The maximum atomic E-state index is 13.3. The van der Waals surface area contributed by atoms with Crippen molar-refractivity contribution in [2.24, 2.45) is 5.92 Å². The van der Waals surface area contributed by atoms with Crippen LogP contribution in [-0.2, 0) is 16.0 Å². The van der Waals surface area contributed by atoms with E-state index in [1.807, 2.05) is 0 Å².